The summed E-state index contributed by atoms with van der Waals surface area (Å²) in [7, 11) is 0. The van der Waals surface area contributed by atoms with Gasteiger partial charge in [0.1, 0.15) is 18.0 Å². The summed E-state index contributed by atoms with van der Waals surface area (Å²) in [6, 6.07) is 0.592. The highest BCUT2D eigenvalue weighted by molar-refractivity contribution is 7.09. The minimum atomic E-state index is -0.639. The van der Waals surface area contributed by atoms with E-state index in [9.17, 15) is 14.4 Å². The summed E-state index contributed by atoms with van der Waals surface area (Å²) in [5.41, 5.74) is 0.725. The van der Waals surface area contributed by atoms with E-state index in [0.29, 0.717) is 24.2 Å². The third kappa shape index (κ3) is 3.77. The van der Waals surface area contributed by atoms with Crippen LogP contribution in [0.25, 0.3) is 0 Å². The number of thiazole rings is 1. The largest absolute Gasteiger partial charge is 0.472 e. The SMILES string of the molecule is CCNC(=O)[C@@H]1C[C@@H](NC(=O)c2csc(C)n2)CN1C(=O)c1ccoc1. The first kappa shape index (κ1) is 18.1. The molecular weight excluding hydrogens is 356 g/mol. The number of amides is 3. The molecule has 0 saturated carbocycles. The van der Waals surface area contributed by atoms with Crippen molar-refractivity contribution in [1.29, 1.82) is 0 Å². The summed E-state index contributed by atoms with van der Waals surface area (Å²) in [5, 5.41) is 8.11. The van der Waals surface area contributed by atoms with Crippen LogP contribution in [-0.2, 0) is 4.79 Å². The Hall–Kier alpha value is -2.68. The van der Waals surface area contributed by atoms with Crippen LogP contribution in [0.3, 0.4) is 0 Å². The van der Waals surface area contributed by atoms with Gasteiger partial charge in [-0.15, -0.1) is 11.3 Å². The van der Waals surface area contributed by atoms with E-state index in [2.05, 4.69) is 15.6 Å². The fraction of sp³-hybridized carbons (Fsp3) is 0.412. The monoisotopic (exact) mass is 376 g/mol. The molecule has 0 aliphatic carbocycles. The number of rotatable bonds is 5. The minimum absolute atomic E-state index is 0.231. The zero-order chi connectivity index (χ0) is 18.7. The van der Waals surface area contributed by atoms with E-state index >= 15 is 0 Å². The first-order valence-corrected chi connectivity index (χ1v) is 9.21. The third-order valence-corrected chi connectivity index (χ3v) is 4.94. The van der Waals surface area contributed by atoms with E-state index in [4.69, 9.17) is 4.42 Å². The molecule has 0 aromatic carbocycles. The van der Waals surface area contributed by atoms with E-state index in [1.54, 1.807) is 11.4 Å². The Morgan fingerprint density at radius 2 is 2.23 bits per heavy atom. The number of likely N-dealkylation sites (tertiary alicyclic amines) is 1. The number of hydrogen-bond acceptors (Lipinski definition) is 6. The van der Waals surface area contributed by atoms with Crippen LogP contribution in [0.15, 0.2) is 28.4 Å². The maximum absolute atomic E-state index is 12.7. The summed E-state index contributed by atoms with van der Waals surface area (Å²) in [6.45, 7) is 4.37. The van der Waals surface area contributed by atoms with E-state index in [-0.39, 0.29) is 30.3 Å². The molecule has 8 nitrogen and oxygen atoms in total. The van der Waals surface area contributed by atoms with Gasteiger partial charge in [0.05, 0.1) is 16.8 Å². The normalized spacial score (nSPS) is 19.4. The van der Waals surface area contributed by atoms with E-state index in [1.807, 2.05) is 13.8 Å². The molecule has 2 aromatic heterocycles. The Bertz CT molecular complexity index is 802. The lowest BCUT2D eigenvalue weighted by Crippen LogP contribution is -2.45. The Morgan fingerprint density at radius 3 is 2.85 bits per heavy atom. The lowest BCUT2D eigenvalue weighted by molar-refractivity contribution is -0.124. The molecule has 26 heavy (non-hydrogen) atoms. The average Bonchev–Trinajstić information content (AvgIpc) is 3.34. The van der Waals surface area contributed by atoms with Crippen molar-refractivity contribution in [3.63, 3.8) is 0 Å². The van der Waals surface area contributed by atoms with Gasteiger partial charge < -0.3 is 20.0 Å². The zero-order valence-electron chi connectivity index (χ0n) is 14.5. The number of nitrogens with one attached hydrogen (secondary N) is 2. The number of carbonyl (C=O) groups is 3. The van der Waals surface area contributed by atoms with Crippen molar-refractivity contribution < 1.29 is 18.8 Å². The third-order valence-electron chi connectivity index (χ3n) is 4.17. The van der Waals surface area contributed by atoms with Gasteiger partial charge in [0, 0.05) is 24.5 Å². The second kappa shape index (κ2) is 7.69. The van der Waals surface area contributed by atoms with Crippen molar-refractivity contribution in [1.82, 2.24) is 20.5 Å². The van der Waals surface area contributed by atoms with Gasteiger partial charge in [-0.1, -0.05) is 0 Å². The highest BCUT2D eigenvalue weighted by atomic mass is 32.1. The predicted octanol–water partition coefficient (Wildman–Crippen LogP) is 1.19. The maximum Gasteiger partial charge on any atom is 0.271 e. The first-order chi connectivity index (χ1) is 12.5. The second-order valence-corrected chi connectivity index (χ2v) is 7.10. The summed E-state index contributed by atoms with van der Waals surface area (Å²) < 4.78 is 4.97. The second-order valence-electron chi connectivity index (χ2n) is 6.04. The summed E-state index contributed by atoms with van der Waals surface area (Å²) in [4.78, 5) is 43.1. The molecule has 1 saturated heterocycles. The molecule has 3 amide bonds. The highest BCUT2D eigenvalue weighted by Crippen LogP contribution is 2.22. The number of nitrogens with zero attached hydrogens (tertiary/aromatic N) is 2. The van der Waals surface area contributed by atoms with Gasteiger partial charge in [-0.25, -0.2) is 4.98 Å². The topological polar surface area (TPSA) is 105 Å². The Balaban J connectivity index is 1.74. The van der Waals surface area contributed by atoms with Crippen LogP contribution in [0.4, 0.5) is 0 Å². The summed E-state index contributed by atoms with van der Waals surface area (Å²) in [5.74, 6) is -0.825. The number of hydrogen-bond donors (Lipinski definition) is 2. The van der Waals surface area contributed by atoms with Crippen LogP contribution in [0, 0.1) is 6.92 Å². The lowest BCUT2D eigenvalue weighted by atomic mass is 10.1. The molecule has 0 unspecified atom stereocenters. The van der Waals surface area contributed by atoms with Crippen LogP contribution in [0.1, 0.15) is 39.2 Å². The highest BCUT2D eigenvalue weighted by Gasteiger charge is 2.40. The number of aromatic nitrogens is 1. The number of furan rings is 1. The van der Waals surface area contributed by atoms with Crippen molar-refractivity contribution in [3.8, 4) is 0 Å². The molecular formula is C17H20N4O4S. The molecule has 1 aliphatic heterocycles. The Kier molecular flexibility index (Phi) is 5.36. The zero-order valence-corrected chi connectivity index (χ0v) is 15.3. The van der Waals surface area contributed by atoms with Crippen molar-refractivity contribution in [2.45, 2.75) is 32.4 Å². The van der Waals surface area contributed by atoms with Gasteiger partial charge in [-0.05, 0) is 26.3 Å². The van der Waals surface area contributed by atoms with Crippen LogP contribution in [-0.4, -0.2) is 52.8 Å². The molecule has 1 aliphatic rings. The van der Waals surface area contributed by atoms with Crippen LogP contribution >= 0.6 is 11.3 Å². The van der Waals surface area contributed by atoms with Gasteiger partial charge in [-0.2, -0.15) is 0 Å². The maximum atomic E-state index is 12.7. The molecule has 9 heteroatoms. The molecule has 0 spiro atoms. The molecule has 3 rings (SSSR count). The average molecular weight is 376 g/mol. The van der Waals surface area contributed by atoms with Crippen LogP contribution < -0.4 is 10.6 Å². The fourth-order valence-electron chi connectivity index (χ4n) is 2.98. The molecule has 0 radical (unpaired) electrons. The van der Waals surface area contributed by atoms with Gasteiger partial charge in [0.15, 0.2) is 0 Å². The molecule has 1 fully saturated rings. The minimum Gasteiger partial charge on any atom is -0.472 e. The Labute approximate surface area is 154 Å². The molecule has 138 valence electrons. The summed E-state index contributed by atoms with van der Waals surface area (Å²) >= 11 is 1.40. The van der Waals surface area contributed by atoms with Crippen molar-refractivity contribution in [2.24, 2.45) is 0 Å². The summed E-state index contributed by atoms with van der Waals surface area (Å²) in [6.07, 6.45) is 3.11. The van der Waals surface area contributed by atoms with Gasteiger partial charge in [0.2, 0.25) is 5.91 Å². The van der Waals surface area contributed by atoms with Gasteiger partial charge >= 0.3 is 0 Å². The quantitative estimate of drug-likeness (QED) is 0.816. The van der Waals surface area contributed by atoms with Gasteiger partial charge in [0.25, 0.3) is 11.8 Å². The number of aryl methyl sites for hydroxylation is 1. The fourth-order valence-corrected chi connectivity index (χ4v) is 3.58. The van der Waals surface area contributed by atoms with Crippen molar-refractivity contribution in [2.75, 3.05) is 13.1 Å². The first-order valence-electron chi connectivity index (χ1n) is 8.33. The van der Waals surface area contributed by atoms with Crippen molar-refractivity contribution in [3.05, 3.63) is 40.2 Å². The van der Waals surface area contributed by atoms with E-state index < -0.39 is 6.04 Å². The van der Waals surface area contributed by atoms with Gasteiger partial charge in [-0.3, -0.25) is 14.4 Å². The Morgan fingerprint density at radius 1 is 1.42 bits per heavy atom. The smallest absolute Gasteiger partial charge is 0.271 e. The molecule has 0 bridgehead atoms. The molecule has 2 N–H and O–H groups in total. The number of carbonyl (C=O) groups excluding carboxylic acids is 3. The lowest BCUT2D eigenvalue weighted by Gasteiger charge is -2.22. The van der Waals surface area contributed by atoms with Crippen LogP contribution in [0.2, 0.25) is 0 Å². The molecule has 2 aromatic rings. The van der Waals surface area contributed by atoms with Crippen LogP contribution in [0.5, 0.6) is 0 Å². The predicted molar refractivity (Wildman–Crippen MR) is 94.9 cm³/mol. The van der Waals surface area contributed by atoms with E-state index in [1.165, 1.54) is 28.8 Å². The molecule has 3 heterocycles. The van der Waals surface area contributed by atoms with Crippen molar-refractivity contribution >= 4 is 29.1 Å². The van der Waals surface area contributed by atoms with E-state index in [0.717, 1.165) is 5.01 Å². The standard InChI is InChI=1S/C17H20N4O4S/c1-3-18-16(23)14-6-12(20-15(22)13-9-26-10(2)19-13)7-21(14)17(24)11-4-5-25-8-11/h4-5,8-9,12,14H,3,6-7H2,1-2H3,(H,18,23)(H,20,22)/t12-,14+/m1/s1. The molecule has 2 atom stereocenters. The number of likely N-dealkylation sites (N-methyl/N-ethyl adjacent to an activating group) is 1.